The minimum absolute atomic E-state index is 0. The maximum atomic E-state index is 10.5. The van der Waals surface area contributed by atoms with Crippen LogP contribution >= 0.6 is 12.4 Å². The topological polar surface area (TPSA) is 37.3 Å². The van der Waals surface area contributed by atoms with Crippen molar-refractivity contribution in [1.29, 1.82) is 0 Å². The fourth-order valence-electron chi connectivity index (χ4n) is 2.29. The molecule has 0 fully saturated rings. The molecule has 0 amide bonds. The highest BCUT2D eigenvalue weighted by molar-refractivity contribution is 5.85. The summed E-state index contributed by atoms with van der Waals surface area (Å²) in [7, 11) is 0. The summed E-state index contributed by atoms with van der Waals surface area (Å²) in [6.07, 6.45) is 16.3. The van der Waals surface area contributed by atoms with Gasteiger partial charge in [-0.3, -0.25) is 0 Å². The average Bonchev–Trinajstić information content (AvgIpc) is 2.39. The van der Waals surface area contributed by atoms with Crippen LogP contribution in [0.1, 0.15) is 90.4 Å². The molecule has 0 aromatic heterocycles. The second-order valence-corrected chi connectivity index (χ2v) is 5.55. The highest BCUT2D eigenvalue weighted by atomic mass is 35.5. The molecule has 0 aliphatic rings. The molecule has 0 heterocycles. The first-order valence-corrected chi connectivity index (χ1v) is 8.09. The van der Waals surface area contributed by atoms with Crippen LogP contribution in [0.3, 0.4) is 0 Å². The molecule has 0 aromatic carbocycles. The highest BCUT2D eigenvalue weighted by Gasteiger charge is 2.02. The number of carbonyl (C=O) groups is 1. The summed E-state index contributed by atoms with van der Waals surface area (Å²) in [5, 5.41) is 8.66. The molecule has 0 spiro atoms. The van der Waals surface area contributed by atoms with E-state index in [0.717, 1.165) is 12.8 Å². The summed E-state index contributed by atoms with van der Waals surface area (Å²) in [6.45, 7) is 5.80. The van der Waals surface area contributed by atoms with Gasteiger partial charge in [0, 0.05) is 5.57 Å². The zero-order valence-corrected chi connectivity index (χ0v) is 14.0. The minimum Gasteiger partial charge on any atom is -0.478 e. The molecule has 0 rings (SSSR count). The van der Waals surface area contributed by atoms with E-state index in [-0.39, 0.29) is 12.4 Å². The lowest BCUT2D eigenvalue weighted by molar-refractivity contribution is -0.132. The van der Waals surface area contributed by atoms with Crippen molar-refractivity contribution in [1.82, 2.24) is 0 Å². The number of hydrogen-bond donors (Lipinski definition) is 1. The van der Waals surface area contributed by atoms with Gasteiger partial charge >= 0.3 is 5.97 Å². The Balaban J connectivity index is 0. The van der Waals surface area contributed by atoms with Crippen LogP contribution in [-0.4, -0.2) is 11.1 Å². The van der Waals surface area contributed by atoms with Crippen LogP contribution in [0, 0.1) is 0 Å². The Morgan fingerprint density at radius 3 is 1.50 bits per heavy atom. The number of carboxylic acids is 1. The molecule has 0 saturated carbocycles. The maximum Gasteiger partial charge on any atom is 0.330 e. The summed E-state index contributed by atoms with van der Waals surface area (Å²) in [4.78, 5) is 10.5. The van der Waals surface area contributed by atoms with Gasteiger partial charge in [-0.1, -0.05) is 84.1 Å². The zero-order valence-electron chi connectivity index (χ0n) is 13.2. The Morgan fingerprint density at radius 2 is 1.15 bits per heavy atom. The molecular weight excluding hydrogens is 272 g/mol. The molecule has 0 aliphatic carbocycles. The second kappa shape index (κ2) is 16.6. The van der Waals surface area contributed by atoms with Crippen molar-refractivity contribution in [3.63, 3.8) is 0 Å². The Morgan fingerprint density at radius 1 is 0.800 bits per heavy atom. The van der Waals surface area contributed by atoms with E-state index in [1.54, 1.807) is 0 Å². The molecule has 3 heteroatoms. The van der Waals surface area contributed by atoms with E-state index < -0.39 is 5.97 Å². The van der Waals surface area contributed by atoms with E-state index >= 15 is 0 Å². The SMILES string of the molecule is C=C(CCCCCCCCCCCCCC)C(=O)O.Cl. The van der Waals surface area contributed by atoms with Gasteiger partial charge in [-0.05, 0) is 12.8 Å². The molecule has 120 valence electrons. The predicted octanol–water partition coefficient (Wildman–Crippen LogP) is 6.14. The molecule has 0 saturated heterocycles. The first-order chi connectivity index (χ1) is 9.18. The first kappa shape index (κ1) is 21.8. The highest BCUT2D eigenvalue weighted by Crippen LogP contribution is 2.13. The van der Waals surface area contributed by atoms with Crippen molar-refractivity contribution in [2.45, 2.75) is 90.4 Å². The number of unbranched alkanes of at least 4 members (excludes halogenated alkanes) is 11. The fourth-order valence-corrected chi connectivity index (χ4v) is 2.29. The van der Waals surface area contributed by atoms with Gasteiger partial charge in [-0.25, -0.2) is 4.79 Å². The molecule has 0 radical (unpaired) electrons. The molecule has 0 atom stereocenters. The Labute approximate surface area is 131 Å². The van der Waals surface area contributed by atoms with Gasteiger partial charge < -0.3 is 5.11 Å². The number of halogens is 1. The van der Waals surface area contributed by atoms with E-state index in [1.165, 1.54) is 64.2 Å². The van der Waals surface area contributed by atoms with E-state index in [1.807, 2.05) is 0 Å². The monoisotopic (exact) mass is 304 g/mol. The fraction of sp³-hybridized carbons (Fsp3) is 0.824. The van der Waals surface area contributed by atoms with Gasteiger partial charge in [0.05, 0.1) is 0 Å². The van der Waals surface area contributed by atoms with Crippen LogP contribution in [0.25, 0.3) is 0 Å². The van der Waals surface area contributed by atoms with Crippen LogP contribution in [0.15, 0.2) is 12.2 Å². The third-order valence-electron chi connectivity index (χ3n) is 3.63. The Kier molecular flexibility index (Phi) is 18.0. The van der Waals surface area contributed by atoms with Gasteiger partial charge in [0.1, 0.15) is 0 Å². The van der Waals surface area contributed by atoms with E-state index in [9.17, 15) is 4.79 Å². The lowest BCUT2D eigenvalue weighted by Gasteiger charge is -2.03. The maximum absolute atomic E-state index is 10.5. The lowest BCUT2D eigenvalue weighted by atomic mass is 10.0. The summed E-state index contributed by atoms with van der Waals surface area (Å²) in [5.74, 6) is -0.844. The molecule has 2 nitrogen and oxygen atoms in total. The summed E-state index contributed by atoms with van der Waals surface area (Å²) < 4.78 is 0. The van der Waals surface area contributed by atoms with Gasteiger partial charge in [0.25, 0.3) is 0 Å². The van der Waals surface area contributed by atoms with Gasteiger partial charge in [0.2, 0.25) is 0 Å². The molecule has 1 N–H and O–H groups in total. The number of aliphatic carboxylic acids is 1. The average molecular weight is 305 g/mol. The Bertz CT molecular complexity index is 239. The summed E-state index contributed by atoms with van der Waals surface area (Å²) in [5.41, 5.74) is 0.354. The molecule has 0 aromatic rings. The summed E-state index contributed by atoms with van der Waals surface area (Å²) in [6, 6.07) is 0. The van der Waals surface area contributed by atoms with Crippen molar-refractivity contribution in [2.75, 3.05) is 0 Å². The molecule has 0 bridgehead atoms. The molecule has 0 aliphatic heterocycles. The largest absolute Gasteiger partial charge is 0.478 e. The number of hydrogen-bond acceptors (Lipinski definition) is 1. The Hall–Kier alpha value is -0.500. The third kappa shape index (κ3) is 15.6. The van der Waals surface area contributed by atoms with Crippen molar-refractivity contribution < 1.29 is 9.90 Å². The van der Waals surface area contributed by atoms with Crippen LogP contribution in [0.4, 0.5) is 0 Å². The quantitative estimate of drug-likeness (QED) is 0.309. The first-order valence-electron chi connectivity index (χ1n) is 8.09. The normalized spacial score (nSPS) is 10.1. The van der Waals surface area contributed by atoms with Crippen LogP contribution in [0.2, 0.25) is 0 Å². The molecular formula is C17H33ClO2. The van der Waals surface area contributed by atoms with Gasteiger partial charge in [-0.2, -0.15) is 0 Å². The van der Waals surface area contributed by atoms with E-state index in [0.29, 0.717) is 12.0 Å². The molecule has 20 heavy (non-hydrogen) atoms. The van der Waals surface area contributed by atoms with Gasteiger partial charge in [-0.15, -0.1) is 12.4 Å². The van der Waals surface area contributed by atoms with Crippen molar-refractivity contribution in [3.8, 4) is 0 Å². The van der Waals surface area contributed by atoms with Crippen LogP contribution in [-0.2, 0) is 4.79 Å². The lowest BCUT2D eigenvalue weighted by Crippen LogP contribution is -1.98. The smallest absolute Gasteiger partial charge is 0.330 e. The van der Waals surface area contributed by atoms with E-state index in [2.05, 4.69) is 13.5 Å². The van der Waals surface area contributed by atoms with Crippen molar-refractivity contribution in [2.24, 2.45) is 0 Å². The van der Waals surface area contributed by atoms with Crippen molar-refractivity contribution >= 4 is 18.4 Å². The molecule has 0 unspecified atom stereocenters. The third-order valence-corrected chi connectivity index (χ3v) is 3.63. The van der Waals surface area contributed by atoms with Gasteiger partial charge in [0.15, 0.2) is 0 Å². The van der Waals surface area contributed by atoms with E-state index in [4.69, 9.17) is 5.11 Å². The van der Waals surface area contributed by atoms with Crippen molar-refractivity contribution in [3.05, 3.63) is 12.2 Å². The van der Waals surface area contributed by atoms with Crippen LogP contribution < -0.4 is 0 Å². The van der Waals surface area contributed by atoms with Crippen LogP contribution in [0.5, 0.6) is 0 Å². The number of rotatable bonds is 14. The minimum atomic E-state index is -0.844. The summed E-state index contributed by atoms with van der Waals surface area (Å²) >= 11 is 0. The second-order valence-electron chi connectivity index (χ2n) is 5.55. The standard InChI is InChI=1S/C17H32O2.ClH/c1-3-4-5-6-7-8-9-10-11-12-13-14-15-16(2)17(18)19;/h2-15H2,1H3,(H,18,19);1H. The number of carboxylic acid groups (broad SMARTS) is 1. The predicted molar refractivity (Wildman–Crippen MR) is 89.7 cm³/mol. The zero-order chi connectivity index (χ0) is 14.3.